The largest absolute Gasteiger partial charge is 0.433 e. The number of pyridine rings is 2. The van der Waals surface area contributed by atoms with Crippen molar-refractivity contribution >= 4 is 29.3 Å². The van der Waals surface area contributed by atoms with E-state index in [9.17, 15) is 35.9 Å². The summed E-state index contributed by atoms with van der Waals surface area (Å²) in [7, 11) is 0. The Bertz CT molecular complexity index is 1210. The van der Waals surface area contributed by atoms with E-state index < -0.39 is 41.0 Å². The first-order chi connectivity index (χ1) is 15.9. The molecule has 1 aromatic carbocycles. The zero-order valence-corrected chi connectivity index (χ0v) is 16.9. The van der Waals surface area contributed by atoms with Crippen LogP contribution in [0.15, 0.2) is 72.7 Å². The van der Waals surface area contributed by atoms with E-state index in [1.165, 1.54) is 30.6 Å². The fraction of sp³-hybridized carbons (Fsp3) is 0.0909. The first-order valence-electron chi connectivity index (χ1n) is 9.38. The summed E-state index contributed by atoms with van der Waals surface area (Å²) >= 11 is 0. The van der Waals surface area contributed by atoms with Gasteiger partial charge in [0.2, 0.25) is 0 Å². The molecule has 3 aromatic rings. The van der Waals surface area contributed by atoms with Crippen molar-refractivity contribution < 1.29 is 35.9 Å². The Balaban J connectivity index is 1.93. The van der Waals surface area contributed by atoms with Crippen LogP contribution in [-0.4, -0.2) is 21.8 Å². The number of halogens is 6. The van der Waals surface area contributed by atoms with Crippen molar-refractivity contribution in [1.29, 1.82) is 0 Å². The molecule has 0 fully saturated rings. The van der Waals surface area contributed by atoms with Crippen LogP contribution >= 0.6 is 0 Å². The summed E-state index contributed by atoms with van der Waals surface area (Å²) < 4.78 is 77.1. The lowest BCUT2D eigenvalue weighted by Crippen LogP contribution is -2.25. The number of carbonyl (C=O) groups is 2. The molecule has 6 nitrogen and oxygen atoms in total. The maximum absolute atomic E-state index is 13.0. The maximum Gasteiger partial charge on any atom is 0.433 e. The highest BCUT2D eigenvalue weighted by Gasteiger charge is 2.32. The Hall–Kier alpha value is -4.22. The van der Waals surface area contributed by atoms with Crippen molar-refractivity contribution in [3.63, 3.8) is 0 Å². The summed E-state index contributed by atoms with van der Waals surface area (Å²) in [6.07, 6.45) is -4.88. The minimum Gasteiger partial charge on any atom is -0.322 e. The van der Waals surface area contributed by atoms with Gasteiger partial charge in [-0.3, -0.25) is 19.6 Å². The van der Waals surface area contributed by atoms with Crippen LogP contribution in [-0.2, 0) is 21.9 Å². The number of rotatable bonds is 5. The SMILES string of the molecule is O=C(Nc1cccnc1)/C(=C\c1ccc(C(F)(F)F)nc1)C(=O)Nc1cccc(C(F)(F)F)c1. The number of carbonyl (C=O) groups excluding carboxylic acids is 2. The number of hydrogen-bond acceptors (Lipinski definition) is 4. The second-order valence-corrected chi connectivity index (χ2v) is 6.76. The second-order valence-electron chi connectivity index (χ2n) is 6.76. The number of hydrogen-bond donors (Lipinski definition) is 2. The fourth-order valence-corrected chi connectivity index (χ4v) is 2.67. The number of nitrogens with zero attached hydrogens (tertiary/aromatic N) is 2. The second kappa shape index (κ2) is 9.73. The van der Waals surface area contributed by atoms with Gasteiger partial charge < -0.3 is 10.6 Å². The summed E-state index contributed by atoms with van der Waals surface area (Å²) in [6, 6.07) is 8.34. The van der Waals surface area contributed by atoms with Crippen LogP contribution in [0.1, 0.15) is 16.8 Å². The molecule has 0 aliphatic rings. The number of alkyl halides is 6. The van der Waals surface area contributed by atoms with Crippen LogP contribution in [0.5, 0.6) is 0 Å². The molecule has 2 N–H and O–H groups in total. The standard InChI is InChI=1S/C22H14F6N4O2/c23-21(24,25)14-3-1-4-15(10-14)31-19(33)17(20(34)32-16-5-2-8-29-12-16)9-13-6-7-18(30-11-13)22(26,27)28/h1-12H,(H,31,33)(H,32,34)/b17-9-. The molecule has 2 heterocycles. The molecule has 0 aliphatic carbocycles. The third-order valence-electron chi connectivity index (χ3n) is 4.24. The van der Waals surface area contributed by atoms with Crippen molar-refractivity contribution in [3.8, 4) is 0 Å². The van der Waals surface area contributed by atoms with Gasteiger partial charge in [-0.25, -0.2) is 0 Å². The van der Waals surface area contributed by atoms with Gasteiger partial charge in [-0.2, -0.15) is 26.3 Å². The van der Waals surface area contributed by atoms with E-state index in [0.717, 1.165) is 30.5 Å². The zero-order valence-electron chi connectivity index (χ0n) is 16.9. The van der Waals surface area contributed by atoms with Gasteiger partial charge in [0.25, 0.3) is 11.8 Å². The molecule has 0 unspecified atom stereocenters. The number of benzene rings is 1. The molecule has 0 bridgehead atoms. The summed E-state index contributed by atoms with van der Waals surface area (Å²) in [6.45, 7) is 0. The normalized spacial score (nSPS) is 12.2. The zero-order chi connectivity index (χ0) is 24.9. The monoisotopic (exact) mass is 480 g/mol. The van der Waals surface area contributed by atoms with E-state index in [-0.39, 0.29) is 16.9 Å². The average molecular weight is 480 g/mol. The van der Waals surface area contributed by atoms with Gasteiger partial charge in [0.05, 0.1) is 17.4 Å². The molecule has 176 valence electrons. The van der Waals surface area contributed by atoms with Crippen LogP contribution in [0, 0.1) is 0 Å². The first kappa shape index (κ1) is 24.4. The lowest BCUT2D eigenvalue weighted by molar-refractivity contribution is -0.141. The Labute approximate surface area is 188 Å². The van der Waals surface area contributed by atoms with E-state index in [1.807, 2.05) is 0 Å². The Morgan fingerprint density at radius 2 is 1.47 bits per heavy atom. The highest BCUT2D eigenvalue weighted by molar-refractivity contribution is 6.28. The molecule has 0 radical (unpaired) electrons. The molecular formula is C22H14F6N4O2. The van der Waals surface area contributed by atoms with Crippen LogP contribution < -0.4 is 10.6 Å². The van der Waals surface area contributed by atoms with E-state index in [1.54, 1.807) is 0 Å². The predicted molar refractivity (Wildman–Crippen MR) is 110 cm³/mol. The molecule has 34 heavy (non-hydrogen) atoms. The Morgan fingerprint density at radius 1 is 0.794 bits per heavy atom. The summed E-state index contributed by atoms with van der Waals surface area (Å²) in [4.78, 5) is 32.6. The molecule has 0 atom stereocenters. The molecule has 0 saturated carbocycles. The maximum atomic E-state index is 13.0. The molecule has 0 spiro atoms. The van der Waals surface area contributed by atoms with Crippen LogP contribution in [0.3, 0.4) is 0 Å². The van der Waals surface area contributed by atoms with Crippen molar-refractivity contribution in [1.82, 2.24) is 9.97 Å². The fourth-order valence-electron chi connectivity index (χ4n) is 2.67. The van der Waals surface area contributed by atoms with Gasteiger partial charge >= 0.3 is 12.4 Å². The quantitative estimate of drug-likeness (QED) is 0.228. The molecular weight excluding hydrogens is 466 g/mol. The third-order valence-corrected chi connectivity index (χ3v) is 4.24. The lowest BCUT2D eigenvalue weighted by Gasteiger charge is -2.12. The highest BCUT2D eigenvalue weighted by atomic mass is 19.4. The minimum absolute atomic E-state index is 0.0245. The molecule has 0 saturated heterocycles. The summed E-state index contributed by atoms with van der Waals surface area (Å²) in [5.74, 6) is -2.07. The Morgan fingerprint density at radius 3 is 2.03 bits per heavy atom. The first-order valence-corrected chi connectivity index (χ1v) is 9.38. The molecule has 12 heteroatoms. The van der Waals surface area contributed by atoms with Crippen LogP contribution in [0.25, 0.3) is 6.08 Å². The number of aromatic nitrogens is 2. The molecule has 2 aromatic heterocycles. The third kappa shape index (κ3) is 6.40. The molecule has 2 amide bonds. The highest BCUT2D eigenvalue weighted by Crippen LogP contribution is 2.31. The smallest absolute Gasteiger partial charge is 0.322 e. The average Bonchev–Trinajstić information content (AvgIpc) is 2.77. The van der Waals surface area contributed by atoms with Gasteiger partial charge in [0.1, 0.15) is 11.3 Å². The summed E-state index contributed by atoms with van der Waals surface area (Å²) in [5, 5.41) is 4.58. The van der Waals surface area contributed by atoms with Gasteiger partial charge in [-0.1, -0.05) is 12.1 Å². The molecule has 0 aliphatic heterocycles. The topological polar surface area (TPSA) is 84.0 Å². The van der Waals surface area contributed by atoms with E-state index in [4.69, 9.17) is 0 Å². The minimum atomic E-state index is -4.69. The van der Waals surface area contributed by atoms with Crippen molar-refractivity contribution in [2.75, 3.05) is 10.6 Å². The number of amides is 2. The summed E-state index contributed by atoms with van der Waals surface area (Å²) in [5.41, 5.74) is -2.87. The Kier molecular flexibility index (Phi) is 6.99. The van der Waals surface area contributed by atoms with Gasteiger partial charge in [-0.15, -0.1) is 0 Å². The number of nitrogens with one attached hydrogen (secondary N) is 2. The van der Waals surface area contributed by atoms with Crippen molar-refractivity contribution in [2.24, 2.45) is 0 Å². The van der Waals surface area contributed by atoms with E-state index in [0.29, 0.717) is 12.1 Å². The van der Waals surface area contributed by atoms with Gasteiger partial charge in [0, 0.05) is 18.1 Å². The molecule has 3 rings (SSSR count). The van der Waals surface area contributed by atoms with Crippen LogP contribution in [0.4, 0.5) is 37.7 Å². The van der Waals surface area contributed by atoms with Crippen molar-refractivity contribution in [3.05, 3.63) is 89.5 Å². The van der Waals surface area contributed by atoms with Crippen LogP contribution in [0.2, 0.25) is 0 Å². The lowest BCUT2D eigenvalue weighted by atomic mass is 10.1. The van der Waals surface area contributed by atoms with E-state index in [2.05, 4.69) is 20.6 Å². The van der Waals surface area contributed by atoms with Crippen molar-refractivity contribution in [2.45, 2.75) is 12.4 Å². The predicted octanol–water partition coefficient (Wildman–Crippen LogP) is 5.18. The van der Waals surface area contributed by atoms with E-state index >= 15 is 0 Å². The number of anilines is 2. The van der Waals surface area contributed by atoms with Gasteiger partial charge in [-0.05, 0) is 48.0 Å². The van der Waals surface area contributed by atoms with Gasteiger partial charge in [0.15, 0.2) is 0 Å².